The molecule has 0 aliphatic carbocycles. The number of hydrogen-bond donors (Lipinski definition) is 0. The van der Waals surface area contributed by atoms with E-state index in [0.717, 1.165) is 18.3 Å². The molecule has 0 aliphatic heterocycles. The van der Waals surface area contributed by atoms with Gasteiger partial charge in [0.1, 0.15) is 0 Å². The van der Waals surface area contributed by atoms with Crippen molar-refractivity contribution < 1.29 is 18.9 Å². The second-order valence-electron chi connectivity index (χ2n) is 3.72. The normalized spacial score (nSPS) is 12.8. The monoisotopic (exact) mass is 148 g/mol. The van der Waals surface area contributed by atoms with E-state index in [0.29, 0.717) is 0 Å². The molecule has 1 atom stereocenters. The third-order valence-electron chi connectivity index (χ3n) is 1.97. The van der Waals surface area contributed by atoms with Crippen LogP contribution in [0.5, 0.6) is 0 Å². The van der Waals surface area contributed by atoms with Crippen LogP contribution in [0.4, 0.5) is 0 Å². The smallest absolute Gasteiger partial charge is 0.343 e. The van der Waals surface area contributed by atoms with E-state index in [4.69, 9.17) is 0 Å². The Kier molecular flexibility index (Phi) is 11.2. The van der Waals surface area contributed by atoms with Crippen molar-refractivity contribution in [1.29, 1.82) is 0 Å². The summed E-state index contributed by atoms with van der Waals surface area (Å²) in [5.74, 6) is 1.70. The molecule has 0 aromatic rings. The van der Waals surface area contributed by atoms with Crippen LogP contribution in [0.2, 0.25) is 0 Å². The Bertz CT molecular complexity index is 69.3. The summed E-state index contributed by atoms with van der Waals surface area (Å²) in [5, 5.41) is 0. The van der Waals surface area contributed by atoms with Crippen LogP contribution in [0.25, 0.3) is 0 Å². The van der Waals surface area contributed by atoms with Gasteiger partial charge in [-0.2, -0.15) is 6.42 Å². The van der Waals surface area contributed by atoms with E-state index in [1.165, 1.54) is 19.3 Å². The van der Waals surface area contributed by atoms with Gasteiger partial charge in [-0.05, 0) is 5.92 Å². The molecule has 0 aliphatic rings. The topological polar surface area (TPSA) is 0 Å². The second-order valence-corrected chi connectivity index (χ2v) is 3.72. The molecule has 0 spiro atoms. The molecule has 0 amide bonds. The van der Waals surface area contributed by atoms with Crippen molar-refractivity contribution in [2.24, 2.45) is 11.8 Å². The Morgan fingerprint density at radius 3 is 2.00 bits per heavy atom. The maximum Gasteiger partial charge on any atom is 1.00 e. The minimum Gasteiger partial charge on any atom is -0.343 e. The summed E-state index contributed by atoms with van der Waals surface area (Å²) in [6.07, 6.45) is 5.22. The molecular formula is C10H21Li. The van der Waals surface area contributed by atoms with Crippen LogP contribution in [0.1, 0.15) is 46.5 Å². The van der Waals surface area contributed by atoms with Crippen LogP contribution < -0.4 is 18.9 Å². The Hall–Kier alpha value is 0.597. The number of rotatable bonds is 5. The fourth-order valence-electron chi connectivity index (χ4n) is 1.02. The van der Waals surface area contributed by atoms with Crippen LogP contribution >= 0.6 is 0 Å². The van der Waals surface area contributed by atoms with Crippen molar-refractivity contribution in [2.75, 3.05) is 0 Å². The van der Waals surface area contributed by atoms with Gasteiger partial charge in [0.05, 0.1) is 0 Å². The van der Waals surface area contributed by atoms with Crippen LogP contribution in [0.15, 0.2) is 0 Å². The molecular weight excluding hydrogens is 127 g/mol. The van der Waals surface area contributed by atoms with Crippen molar-refractivity contribution >= 4 is 0 Å². The predicted octanol–water partition coefficient (Wildman–Crippen LogP) is 0.677. The first-order valence-corrected chi connectivity index (χ1v) is 4.46. The van der Waals surface area contributed by atoms with Gasteiger partial charge in [-0.3, -0.25) is 0 Å². The predicted molar refractivity (Wildman–Crippen MR) is 47.8 cm³/mol. The van der Waals surface area contributed by atoms with Crippen LogP contribution in [0.3, 0.4) is 0 Å². The van der Waals surface area contributed by atoms with Crippen molar-refractivity contribution in [1.82, 2.24) is 0 Å². The van der Waals surface area contributed by atoms with E-state index >= 15 is 0 Å². The third kappa shape index (κ3) is 10.6. The van der Waals surface area contributed by atoms with Gasteiger partial charge < -0.3 is 6.92 Å². The van der Waals surface area contributed by atoms with Gasteiger partial charge in [0.15, 0.2) is 0 Å². The molecule has 0 bridgehead atoms. The summed E-state index contributed by atoms with van der Waals surface area (Å²) in [5.41, 5.74) is 0. The molecule has 0 nitrogen and oxygen atoms in total. The Morgan fingerprint density at radius 1 is 1.09 bits per heavy atom. The molecule has 62 valence electrons. The first-order chi connectivity index (χ1) is 4.66. The standard InChI is InChI=1S/C10H21.Li/c1-5-10(4)8-6-7-9(2)3;/h9-10H,1,5-8H2,2-4H3;/q-1;+1. The Balaban J connectivity index is 0. The molecule has 0 rings (SSSR count). The van der Waals surface area contributed by atoms with Gasteiger partial charge in [0.2, 0.25) is 0 Å². The summed E-state index contributed by atoms with van der Waals surface area (Å²) < 4.78 is 0. The zero-order valence-electron chi connectivity index (χ0n) is 8.69. The van der Waals surface area contributed by atoms with Crippen molar-refractivity contribution in [3.63, 3.8) is 0 Å². The van der Waals surface area contributed by atoms with Gasteiger partial charge in [0, 0.05) is 0 Å². The van der Waals surface area contributed by atoms with Gasteiger partial charge in [-0.25, -0.2) is 0 Å². The second kappa shape index (κ2) is 8.69. The van der Waals surface area contributed by atoms with Crippen molar-refractivity contribution in [3.05, 3.63) is 6.92 Å². The zero-order chi connectivity index (χ0) is 7.98. The average Bonchev–Trinajstić information content (AvgIpc) is 1.87. The first kappa shape index (κ1) is 14.1. The summed E-state index contributed by atoms with van der Waals surface area (Å²) in [4.78, 5) is 0. The van der Waals surface area contributed by atoms with E-state index in [-0.39, 0.29) is 18.9 Å². The molecule has 0 saturated carbocycles. The van der Waals surface area contributed by atoms with Crippen molar-refractivity contribution in [2.45, 2.75) is 46.5 Å². The van der Waals surface area contributed by atoms with E-state index in [2.05, 4.69) is 27.7 Å². The Morgan fingerprint density at radius 2 is 1.64 bits per heavy atom. The minimum absolute atomic E-state index is 0. The largest absolute Gasteiger partial charge is 1.00 e. The molecule has 11 heavy (non-hydrogen) atoms. The molecule has 0 aromatic heterocycles. The van der Waals surface area contributed by atoms with Gasteiger partial charge in [0.25, 0.3) is 0 Å². The van der Waals surface area contributed by atoms with Gasteiger partial charge in [-0.15, -0.1) is 0 Å². The summed E-state index contributed by atoms with van der Waals surface area (Å²) in [6, 6.07) is 0. The molecule has 1 unspecified atom stereocenters. The molecule has 1 heteroatoms. The first-order valence-electron chi connectivity index (χ1n) is 4.46. The molecule has 0 fully saturated rings. The van der Waals surface area contributed by atoms with E-state index in [1.54, 1.807) is 0 Å². The summed E-state index contributed by atoms with van der Waals surface area (Å²) in [6.45, 7) is 10.7. The molecule has 0 aromatic carbocycles. The van der Waals surface area contributed by atoms with E-state index in [1.807, 2.05) is 0 Å². The fourth-order valence-corrected chi connectivity index (χ4v) is 1.02. The van der Waals surface area contributed by atoms with E-state index in [9.17, 15) is 0 Å². The maximum atomic E-state index is 3.88. The minimum atomic E-state index is 0. The molecule has 0 heterocycles. The van der Waals surface area contributed by atoms with Crippen LogP contribution in [-0.2, 0) is 0 Å². The van der Waals surface area contributed by atoms with Crippen LogP contribution in [-0.4, -0.2) is 0 Å². The maximum absolute atomic E-state index is 3.88. The van der Waals surface area contributed by atoms with E-state index < -0.39 is 0 Å². The molecule has 0 saturated heterocycles. The van der Waals surface area contributed by atoms with Crippen LogP contribution in [0, 0.1) is 18.8 Å². The fraction of sp³-hybridized carbons (Fsp3) is 0.900. The average molecular weight is 148 g/mol. The SMILES string of the molecule is [CH2-]CC(C)CCCC(C)C.[Li+]. The van der Waals surface area contributed by atoms with Crippen molar-refractivity contribution in [3.8, 4) is 0 Å². The summed E-state index contributed by atoms with van der Waals surface area (Å²) in [7, 11) is 0. The summed E-state index contributed by atoms with van der Waals surface area (Å²) >= 11 is 0. The van der Waals surface area contributed by atoms with Gasteiger partial charge in [-0.1, -0.05) is 46.0 Å². The third-order valence-corrected chi connectivity index (χ3v) is 1.97. The zero-order valence-corrected chi connectivity index (χ0v) is 8.69. The molecule has 0 radical (unpaired) electrons. The van der Waals surface area contributed by atoms with Gasteiger partial charge >= 0.3 is 18.9 Å². The molecule has 0 N–H and O–H groups in total. The number of hydrogen-bond acceptors (Lipinski definition) is 0. The quantitative estimate of drug-likeness (QED) is 0.397. The Labute approximate surface area is 84.3 Å².